The summed E-state index contributed by atoms with van der Waals surface area (Å²) in [7, 11) is 1.79. The summed E-state index contributed by atoms with van der Waals surface area (Å²) in [5.41, 5.74) is 0. The van der Waals surface area contributed by atoms with Gasteiger partial charge in [-0.1, -0.05) is 0 Å². The van der Waals surface area contributed by atoms with Crippen molar-refractivity contribution in [2.24, 2.45) is 4.99 Å². The van der Waals surface area contributed by atoms with E-state index in [9.17, 15) is 0 Å². The fourth-order valence-corrected chi connectivity index (χ4v) is 2.12. The van der Waals surface area contributed by atoms with Gasteiger partial charge >= 0.3 is 0 Å². The molecule has 0 atom stereocenters. The maximum absolute atomic E-state index is 5.83. The number of rotatable bonds is 10. The SMILES string of the molecule is CCOCCCNC(=NC)NCCCOC1CCOCC1.I. The van der Waals surface area contributed by atoms with Gasteiger partial charge in [0.05, 0.1) is 6.10 Å². The van der Waals surface area contributed by atoms with Crippen molar-refractivity contribution in [2.75, 3.05) is 53.2 Å². The zero-order chi connectivity index (χ0) is 15.2. The number of hydrogen-bond donors (Lipinski definition) is 2. The zero-order valence-electron chi connectivity index (χ0n) is 13.9. The summed E-state index contributed by atoms with van der Waals surface area (Å²) in [5, 5.41) is 6.56. The van der Waals surface area contributed by atoms with Crippen molar-refractivity contribution in [1.29, 1.82) is 0 Å². The van der Waals surface area contributed by atoms with Crippen molar-refractivity contribution >= 4 is 29.9 Å². The maximum atomic E-state index is 5.83. The highest BCUT2D eigenvalue weighted by Crippen LogP contribution is 2.10. The van der Waals surface area contributed by atoms with E-state index in [0.717, 1.165) is 77.8 Å². The van der Waals surface area contributed by atoms with Crippen LogP contribution in [0.4, 0.5) is 0 Å². The third-order valence-electron chi connectivity index (χ3n) is 3.32. The van der Waals surface area contributed by atoms with Crippen LogP contribution >= 0.6 is 24.0 Å². The first kappa shape index (κ1) is 21.9. The van der Waals surface area contributed by atoms with Gasteiger partial charge < -0.3 is 24.8 Å². The molecule has 1 aliphatic heterocycles. The molecule has 132 valence electrons. The van der Waals surface area contributed by atoms with Gasteiger partial charge in [-0.05, 0) is 32.6 Å². The highest BCUT2D eigenvalue weighted by atomic mass is 127. The number of hydrogen-bond acceptors (Lipinski definition) is 4. The standard InChI is InChI=1S/C15H31N3O3.HI/c1-3-19-10-4-8-17-15(16-2)18-9-5-11-21-14-6-12-20-13-7-14;/h14H,3-13H2,1-2H3,(H2,16,17,18);1H. The Hall–Kier alpha value is -0.120. The Morgan fingerprint density at radius 2 is 1.77 bits per heavy atom. The zero-order valence-corrected chi connectivity index (χ0v) is 16.3. The summed E-state index contributed by atoms with van der Waals surface area (Å²) < 4.78 is 16.4. The molecule has 0 aromatic rings. The molecule has 1 aliphatic rings. The van der Waals surface area contributed by atoms with Crippen molar-refractivity contribution in [3.63, 3.8) is 0 Å². The minimum Gasteiger partial charge on any atom is -0.382 e. The number of guanidine groups is 1. The molecule has 22 heavy (non-hydrogen) atoms. The number of nitrogens with zero attached hydrogens (tertiary/aromatic N) is 1. The van der Waals surface area contributed by atoms with Gasteiger partial charge in [-0.15, -0.1) is 24.0 Å². The Morgan fingerprint density at radius 1 is 1.14 bits per heavy atom. The van der Waals surface area contributed by atoms with E-state index in [1.165, 1.54) is 0 Å². The minimum absolute atomic E-state index is 0. The van der Waals surface area contributed by atoms with Gasteiger partial charge in [0, 0.05) is 53.2 Å². The number of halogens is 1. The molecular weight excluding hydrogens is 397 g/mol. The molecule has 2 N–H and O–H groups in total. The van der Waals surface area contributed by atoms with Crippen molar-refractivity contribution in [1.82, 2.24) is 10.6 Å². The number of ether oxygens (including phenoxy) is 3. The molecule has 0 aromatic heterocycles. The van der Waals surface area contributed by atoms with E-state index in [4.69, 9.17) is 14.2 Å². The van der Waals surface area contributed by atoms with E-state index in [1.54, 1.807) is 7.05 Å². The summed E-state index contributed by atoms with van der Waals surface area (Å²) in [5.74, 6) is 0.845. The summed E-state index contributed by atoms with van der Waals surface area (Å²) in [6, 6.07) is 0. The Labute approximate surface area is 151 Å². The predicted molar refractivity (Wildman–Crippen MR) is 100 cm³/mol. The smallest absolute Gasteiger partial charge is 0.190 e. The summed E-state index contributed by atoms with van der Waals surface area (Å²) in [4.78, 5) is 4.19. The highest BCUT2D eigenvalue weighted by Gasteiger charge is 2.13. The topological polar surface area (TPSA) is 64.1 Å². The molecule has 1 saturated heterocycles. The van der Waals surface area contributed by atoms with E-state index in [-0.39, 0.29) is 24.0 Å². The predicted octanol–water partition coefficient (Wildman–Crippen LogP) is 1.78. The molecule has 0 bridgehead atoms. The fraction of sp³-hybridized carbons (Fsp3) is 0.933. The Morgan fingerprint density at radius 3 is 2.36 bits per heavy atom. The molecule has 0 radical (unpaired) electrons. The van der Waals surface area contributed by atoms with E-state index in [2.05, 4.69) is 15.6 Å². The van der Waals surface area contributed by atoms with Gasteiger partial charge in [0.2, 0.25) is 0 Å². The van der Waals surface area contributed by atoms with Gasteiger partial charge in [0.25, 0.3) is 0 Å². The van der Waals surface area contributed by atoms with Crippen molar-refractivity contribution < 1.29 is 14.2 Å². The highest BCUT2D eigenvalue weighted by molar-refractivity contribution is 14.0. The third kappa shape index (κ3) is 11.4. The first-order chi connectivity index (χ1) is 10.4. The van der Waals surface area contributed by atoms with Crippen molar-refractivity contribution in [2.45, 2.75) is 38.7 Å². The van der Waals surface area contributed by atoms with Crippen LogP contribution in [0.2, 0.25) is 0 Å². The first-order valence-corrected chi connectivity index (χ1v) is 8.08. The second kappa shape index (κ2) is 15.8. The van der Waals surface area contributed by atoms with Crippen LogP contribution in [0.25, 0.3) is 0 Å². The van der Waals surface area contributed by atoms with Gasteiger partial charge in [-0.3, -0.25) is 4.99 Å². The molecular formula is C15H32IN3O3. The minimum atomic E-state index is 0. The number of aliphatic imine (C=N–C) groups is 1. The van der Waals surface area contributed by atoms with E-state index < -0.39 is 0 Å². The maximum Gasteiger partial charge on any atom is 0.190 e. The molecule has 0 spiro atoms. The van der Waals surface area contributed by atoms with Crippen molar-refractivity contribution in [3.05, 3.63) is 0 Å². The van der Waals surface area contributed by atoms with Crippen LogP contribution in [0.3, 0.4) is 0 Å². The quantitative estimate of drug-likeness (QED) is 0.240. The molecule has 0 aliphatic carbocycles. The van der Waals surface area contributed by atoms with Crippen molar-refractivity contribution in [3.8, 4) is 0 Å². The first-order valence-electron chi connectivity index (χ1n) is 8.08. The second-order valence-corrected chi connectivity index (χ2v) is 5.01. The average molecular weight is 429 g/mol. The number of nitrogens with one attached hydrogen (secondary N) is 2. The van der Waals surface area contributed by atoms with Crippen LogP contribution in [-0.2, 0) is 14.2 Å². The summed E-state index contributed by atoms with van der Waals surface area (Å²) >= 11 is 0. The van der Waals surface area contributed by atoms with E-state index in [0.29, 0.717) is 6.10 Å². The summed E-state index contributed by atoms with van der Waals surface area (Å²) in [6.07, 6.45) is 4.40. The fourth-order valence-electron chi connectivity index (χ4n) is 2.12. The van der Waals surface area contributed by atoms with Gasteiger partial charge in [-0.25, -0.2) is 0 Å². The lowest BCUT2D eigenvalue weighted by atomic mass is 10.1. The van der Waals surface area contributed by atoms with Crippen LogP contribution in [0, 0.1) is 0 Å². The molecule has 1 fully saturated rings. The molecule has 0 amide bonds. The molecule has 1 rings (SSSR count). The van der Waals surface area contributed by atoms with Crippen LogP contribution in [-0.4, -0.2) is 65.2 Å². The van der Waals surface area contributed by atoms with Gasteiger partial charge in [-0.2, -0.15) is 0 Å². The normalized spacial score (nSPS) is 16.2. The Kier molecular flexibility index (Phi) is 15.7. The summed E-state index contributed by atoms with van der Waals surface area (Å²) in [6.45, 7) is 7.78. The van der Waals surface area contributed by atoms with Gasteiger partial charge in [0.1, 0.15) is 0 Å². The van der Waals surface area contributed by atoms with E-state index in [1.807, 2.05) is 6.92 Å². The lowest BCUT2D eigenvalue weighted by molar-refractivity contribution is -0.0320. The molecule has 7 heteroatoms. The molecule has 0 aromatic carbocycles. The largest absolute Gasteiger partial charge is 0.382 e. The molecule has 6 nitrogen and oxygen atoms in total. The third-order valence-corrected chi connectivity index (χ3v) is 3.32. The van der Waals surface area contributed by atoms with Crippen LogP contribution in [0.1, 0.15) is 32.6 Å². The lowest BCUT2D eigenvalue weighted by Crippen LogP contribution is -2.38. The lowest BCUT2D eigenvalue weighted by Gasteiger charge is -2.22. The Bertz CT molecular complexity index is 275. The van der Waals surface area contributed by atoms with Crippen LogP contribution in [0.15, 0.2) is 4.99 Å². The van der Waals surface area contributed by atoms with E-state index >= 15 is 0 Å². The second-order valence-electron chi connectivity index (χ2n) is 5.01. The van der Waals surface area contributed by atoms with Crippen LogP contribution < -0.4 is 10.6 Å². The van der Waals surface area contributed by atoms with Gasteiger partial charge in [0.15, 0.2) is 5.96 Å². The average Bonchev–Trinajstić information content (AvgIpc) is 2.53. The monoisotopic (exact) mass is 429 g/mol. The van der Waals surface area contributed by atoms with Crippen LogP contribution in [0.5, 0.6) is 0 Å². The molecule has 0 saturated carbocycles. The molecule has 0 unspecified atom stereocenters. The Balaban J connectivity index is 0.00000441. The molecule has 1 heterocycles.